The molecule has 28 heavy (non-hydrogen) atoms. The van der Waals surface area contributed by atoms with Crippen LogP contribution in [-0.4, -0.2) is 51.3 Å². The third kappa shape index (κ3) is 3.05. The van der Waals surface area contributed by atoms with E-state index in [1.54, 1.807) is 20.8 Å². The number of imidazole rings is 1. The predicted molar refractivity (Wildman–Crippen MR) is 94.1 cm³/mol. The second-order valence-corrected chi connectivity index (χ2v) is 8.08. The minimum atomic E-state index is -3.85. The van der Waals surface area contributed by atoms with Gasteiger partial charge in [-0.1, -0.05) is 6.92 Å². The molecule has 4 heterocycles. The Kier molecular flexibility index (Phi) is 4.79. The number of fused-ring (bicyclic) bond motifs is 2. The van der Waals surface area contributed by atoms with Crippen molar-refractivity contribution in [2.45, 2.75) is 39.0 Å². The lowest BCUT2D eigenvalue weighted by Crippen LogP contribution is -2.45. The fourth-order valence-electron chi connectivity index (χ4n) is 3.41. The van der Waals surface area contributed by atoms with Crippen molar-refractivity contribution in [1.82, 2.24) is 19.5 Å². The summed E-state index contributed by atoms with van der Waals surface area (Å²) in [5.41, 5.74) is 6.46. The van der Waals surface area contributed by atoms with E-state index < -0.39 is 38.5 Å². The van der Waals surface area contributed by atoms with Crippen LogP contribution in [0.3, 0.4) is 0 Å². The van der Waals surface area contributed by atoms with Crippen LogP contribution in [0.1, 0.15) is 27.0 Å². The number of phosphoric acid groups is 1. The van der Waals surface area contributed by atoms with Crippen LogP contribution in [0.15, 0.2) is 6.33 Å². The van der Waals surface area contributed by atoms with Gasteiger partial charge >= 0.3 is 7.82 Å². The molecule has 2 saturated heterocycles. The average molecular weight is 417 g/mol. The monoisotopic (exact) mass is 417 g/mol. The fraction of sp³-hybridized carbons (Fsp3) is 0.667. The first kappa shape index (κ1) is 19.5. The van der Waals surface area contributed by atoms with Gasteiger partial charge in [0.15, 0.2) is 11.2 Å². The number of hydrogen-bond acceptors (Lipinski definition) is 10. The number of phosphoric ester groups is 1. The van der Waals surface area contributed by atoms with E-state index in [4.69, 9.17) is 28.8 Å². The Morgan fingerprint density at radius 1 is 1.43 bits per heavy atom. The van der Waals surface area contributed by atoms with Gasteiger partial charge in [0.05, 0.1) is 19.5 Å². The van der Waals surface area contributed by atoms with E-state index in [1.165, 1.54) is 10.9 Å². The molecule has 2 aliphatic rings. The first-order valence-corrected chi connectivity index (χ1v) is 10.3. The maximum Gasteiger partial charge on any atom is 0.475 e. The van der Waals surface area contributed by atoms with Gasteiger partial charge in [0, 0.05) is 5.92 Å². The van der Waals surface area contributed by atoms with E-state index in [1.807, 2.05) is 0 Å². The number of rotatable bonds is 5. The molecule has 2 aromatic heterocycles. The van der Waals surface area contributed by atoms with Crippen LogP contribution in [-0.2, 0) is 22.9 Å². The van der Waals surface area contributed by atoms with Crippen LogP contribution in [0.2, 0.25) is 0 Å². The summed E-state index contributed by atoms with van der Waals surface area (Å²) < 4.78 is 55.8. The van der Waals surface area contributed by atoms with Gasteiger partial charge in [0.2, 0.25) is 11.8 Å². The molecule has 0 aliphatic carbocycles. The van der Waals surface area contributed by atoms with Crippen molar-refractivity contribution in [3.05, 3.63) is 6.33 Å². The van der Waals surface area contributed by atoms with Crippen molar-refractivity contribution in [3.63, 3.8) is 0 Å². The molecule has 0 amide bonds. The predicted octanol–water partition coefficient (Wildman–Crippen LogP) is 2.20. The molecular weight excluding hydrogens is 396 g/mol. The quantitative estimate of drug-likeness (QED) is 0.722. The van der Waals surface area contributed by atoms with Gasteiger partial charge in [-0.15, -0.1) is 0 Å². The first-order chi connectivity index (χ1) is 13.3. The topological polar surface area (TPSA) is 133 Å². The molecule has 0 aromatic carbocycles. The van der Waals surface area contributed by atoms with Crippen molar-refractivity contribution in [1.29, 1.82) is 0 Å². The van der Waals surface area contributed by atoms with E-state index in [-0.39, 0.29) is 18.4 Å². The second-order valence-electron chi connectivity index (χ2n) is 6.46. The Hall–Kier alpha value is -1.85. The number of aromatic nitrogens is 4. The summed E-state index contributed by atoms with van der Waals surface area (Å²) in [5.74, 6) is -2.65. The van der Waals surface area contributed by atoms with Crippen LogP contribution >= 0.6 is 7.82 Å². The number of nitrogen functional groups attached to an aromatic ring is 1. The SMILES string of the molecule is CCOc1nc(N)nc2c1ncn2C1OC2(F)COP(=O)(OCC)OC2C1C. The van der Waals surface area contributed by atoms with Crippen molar-refractivity contribution < 1.29 is 32.0 Å². The lowest BCUT2D eigenvalue weighted by Gasteiger charge is -2.34. The zero-order chi connectivity index (χ0) is 20.1. The van der Waals surface area contributed by atoms with Gasteiger partial charge in [-0.2, -0.15) is 9.97 Å². The molecule has 2 N–H and O–H groups in total. The third-order valence-corrected chi connectivity index (χ3v) is 6.09. The first-order valence-electron chi connectivity index (χ1n) is 8.87. The van der Waals surface area contributed by atoms with Gasteiger partial charge < -0.3 is 15.2 Å². The number of halogens is 1. The standard InChI is InChI=1S/C15H21FN5O6P/c1-4-23-12-9-11(19-14(17)20-12)21(7-18-9)13-8(3)10-15(16,26-13)6-25-28(22,27-10)24-5-2/h7-8,10,13H,4-6H2,1-3H3,(H2,17,19,20). The summed E-state index contributed by atoms with van der Waals surface area (Å²) in [4.78, 5) is 12.5. The summed E-state index contributed by atoms with van der Waals surface area (Å²) in [5, 5.41) is 0. The van der Waals surface area contributed by atoms with E-state index in [2.05, 4.69) is 15.0 Å². The van der Waals surface area contributed by atoms with Gasteiger partial charge in [-0.25, -0.2) is 13.9 Å². The largest absolute Gasteiger partial charge is 0.476 e. The van der Waals surface area contributed by atoms with Crippen LogP contribution in [0, 0.1) is 5.92 Å². The van der Waals surface area contributed by atoms with Gasteiger partial charge in [0.1, 0.15) is 18.9 Å². The number of hydrogen-bond donors (Lipinski definition) is 1. The molecule has 5 unspecified atom stereocenters. The highest BCUT2D eigenvalue weighted by Crippen LogP contribution is 2.61. The Morgan fingerprint density at radius 2 is 2.21 bits per heavy atom. The van der Waals surface area contributed by atoms with Crippen molar-refractivity contribution in [3.8, 4) is 5.88 Å². The minimum Gasteiger partial charge on any atom is -0.476 e. The van der Waals surface area contributed by atoms with Crippen LogP contribution in [0.25, 0.3) is 11.2 Å². The highest BCUT2D eigenvalue weighted by molar-refractivity contribution is 7.48. The summed E-state index contributed by atoms with van der Waals surface area (Å²) in [6.45, 7) is 5.03. The summed E-state index contributed by atoms with van der Waals surface area (Å²) in [7, 11) is -3.85. The van der Waals surface area contributed by atoms with E-state index in [0.29, 0.717) is 17.8 Å². The third-order valence-electron chi connectivity index (χ3n) is 4.58. The van der Waals surface area contributed by atoms with Gasteiger partial charge in [-0.3, -0.25) is 18.1 Å². The van der Waals surface area contributed by atoms with Crippen molar-refractivity contribution >= 4 is 24.9 Å². The lowest BCUT2D eigenvalue weighted by molar-refractivity contribution is -0.219. The van der Waals surface area contributed by atoms with Crippen LogP contribution in [0.4, 0.5) is 10.3 Å². The molecular formula is C15H21FN5O6P. The summed E-state index contributed by atoms with van der Waals surface area (Å²) >= 11 is 0. The average Bonchev–Trinajstić information content (AvgIpc) is 3.16. The second kappa shape index (κ2) is 6.89. The van der Waals surface area contributed by atoms with Crippen molar-refractivity contribution in [2.24, 2.45) is 5.92 Å². The smallest absolute Gasteiger partial charge is 0.475 e. The molecule has 4 rings (SSSR count). The normalized spacial score (nSPS) is 35.2. The highest BCUT2D eigenvalue weighted by atomic mass is 31.2. The molecule has 0 radical (unpaired) electrons. The van der Waals surface area contributed by atoms with E-state index in [9.17, 15) is 4.57 Å². The molecule has 13 heteroatoms. The zero-order valence-electron chi connectivity index (χ0n) is 15.6. The Balaban J connectivity index is 1.71. The fourth-order valence-corrected chi connectivity index (χ4v) is 4.89. The van der Waals surface area contributed by atoms with Crippen LogP contribution in [0.5, 0.6) is 5.88 Å². The number of nitrogens with zero attached hydrogens (tertiary/aromatic N) is 4. The number of ether oxygens (including phenoxy) is 2. The molecule has 154 valence electrons. The van der Waals surface area contributed by atoms with Gasteiger partial charge in [0.25, 0.3) is 5.85 Å². The number of anilines is 1. The molecule has 2 aliphatic heterocycles. The van der Waals surface area contributed by atoms with Crippen LogP contribution < -0.4 is 10.5 Å². The molecule has 2 aromatic rings. The van der Waals surface area contributed by atoms with E-state index >= 15 is 4.39 Å². The number of nitrogens with two attached hydrogens (primary N) is 1. The molecule has 11 nitrogen and oxygen atoms in total. The minimum absolute atomic E-state index is 0.0174. The Bertz CT molecular complexity index is 943. The maximum atomic E-state index is 15.3. The zero-order valence-corrected chi connectivity index (χ0v) is 16.5. The Morgan fingerprint density at radius 3 is 2.93 bits per heavy atom. The molecule has 0 saturated carbocycles. The molecule has 2 fully saturated rings. The number of alkyl halides is 1. The Labute approximate surface area is 159 Å². The summed E-state index contributed by atoms with van der Waals surface area (Å²) in [6.07, 6.45) is -0.584. The molecule has 0 bridgehead atoms. The summed E-state index contributed by atoms with van der Waals surface area (Å²) in [6, 6.07) is 0. The highest BCUT2D eigenvalue weighted by Gasteiger charge is 2.62. The lowest BCUT2D eigenvalue weighted by atomic mass is 10.0. The maximum absolute atomic E-state index is 15.3. The van der Waals surface area contributed by atoms with Gasteiger partial charge in [-0.05, 0) is 13.8 Å². The van der Waals surface area contributed by atoms with Crippen molar-refractivity contribution in [2.75, 3.05) is 25.6 Å². The van der Waals surface area contributed by atoms with E-state index in [0.717, 1.165) is 0 Å². The molecule has 0 spiro atoms. The molecule has 5 atom stereocenters.